The van der Waals surface area contributed by atoms with Gasteiger partial charge in [0.1, 0.15) is 12.4 Å². The molecule has 2 heterocycles. The molecule has 2 aromatic rings. The van der Waals surface area contributed by atoms with Crippen LogP contribution in [0.25, 0.3) is 0 Å². The third-order valence-corrected chi connectivity index (χ3v) is 5.67. The van der Waals surface area contributed by atoms with E-state index in [0.29, 0.717) is 16.9 Å². The van der Waals surface area contributed by atoms with Gasteiger partial charge in [0.15, 0.2) is 0 Å². The van der Waals surface area contributed by atoms with Crippen molar-refractivity contribution in [3.63, 3.8) is 0 Å². The fourth-order valence-corrected chi connectivity index (χ4v) is 4.19. The number of aryl methyl sites for hydroxylation is 2. The van der Waals surface area contributed by atoms with E-state index in [1.54, 1.807) is 44.4 Å². The van der Waals surface area contributed by atoms with Crippen LogP contribution < -0.4 is 15.4 Å². The minimum Gasteiger partial charge on any atom is -0.497 e. The normalized spacial score (nSPS) is 15.7. The standard InChI is InChI=1S/C22H24N2O6S/c1-5-29-21(26)18-17(11-30-20(25)16-10-12(2)31-13(16)3)23-22(27)24-19(18)14-6-8-15(28-4)9-7-14/h6-10,19H,5,11H2,1-4H3,(H2,23,24,27)/t19-/m1/s1. The lowest BCUT2D eigenvalue weighted by Gasteiger charge is -2.29. The largest absolute Gasteiger partial charge is 0.497 e. The minimum atomic E-state index is -0.766. The Labute approximate surface area is 184 Å². The molecule has 0 unspecified atom stereocenters. The van der Waals surface area contributed by atoms with Crippen LogP contribution in [0.5, 0.6) is 5.75 Å². The zero-order chi connectivity index (χ0) is 22.5. The first-order valence-corrected chi connectivity index (χ1v) is 10.5. The fraction of sp³-hybridized carbons (Fsp3) is 0.318. The number of carbonyl (C=O) groups is 3. The second-order valence-electron chi connectivity index (χ2n) is 6.82. The van der Waals surface area contributed by atoms with Crippen molar-refractivity contribution in [2.75, 3.05) is 20.3 Å². The van der Waals surface area contributed by atoms with Gasteiger partial charge in [-0.05, 0) is 44.5 Å². The van der Waals surface area contributed by atoms with Crippen LogP contribution in [-0.4, -0.2) is 38.3 Å². The Morgan fingerprint density at radius 1 is 1.10 bits per heavy atom. The molecule has 0 saturated heterocycles. The molecule has 0 bridgehead atoms. The molecule has 0 fully saturated rings. The summed E-state index contributed by atoms with van der Waals surface area (Å²) < 4.78 is 15.8. The van der Waals surface area contributed by atoms with Crippen LogP contribution >= 0.6 is 11.3 Å². The summed E-state index contributed by atoms with van der Waals surface area (Å²) in [5, 5.41) is 5.32. The Kier molecular flexibility index (Phi) is 6.96. The highest BCUT2D eigenvalue weighted by Crippen LogP contribution is 2.29. The number of rotatable bonds is 7. The van der Waals surface area contributed by atoms with E-state index in [-0.39, 0.29) is 24.5 Å². The van der Waals surface area contributed by atoms with E-state index in [9.17, 15) is 14.4 Å². The summed E-state index contributed by atoms with van der Waals surface area (Å²) in [6.45, 7) is 5.32. The maximum absolute atomic E-state index is 12.8. The van der Waals surface area contributed by atoms with Gasteiger partial charge in [-0.15, -0.1) is 11.3 Å². The Morgan fingerprint density at radius 2 is 1.81 bits per heavy atom. The van der Waals surface area contributed by atoms with E-state index in [4.69, 9.17) is 14.2 Å². The second kappa shape index (κ2) is 9.65. The lowest BCUT2D eigenvalue weighted by atomic mass is 9.95. The van der Waals surface area contributed by atoms with Gasteiger partial charge >= 0.3 is 18.0 Å². The van der Waals surface area contributed by atoms with E-state index < -0.39 is 24.0 Å². The van der Waals surface area contributed by atoms with E-state index in [1.807, 2.05) is 13.8 Å². The molecule has 1 aliphatic rings. The van der Waals surface area contributed by atoms with Crippen LogP contribution in [0.4, 0.5) is 4.79 Å². The number of methoxy groups -OCH3 is 1. The van der Waals surface area contributed by atoms with Crippen LogP contribution in [0.1, 0.15) is 38.6 Å². The highest BCUT2D eigenvalue weighted by atomic mass is 32.1. The highest BCUT2D eigenvalue weighted by molar-refractivity contribution is 7.12. The van der Waals surface area contributed by atoms with Gasteiger partial charge in [0.2, 0.25) is 0 Å². The Morgan fingerprint density at radius 3 is 2.39 bits per heavy atom. The van der Waals surface area contributed by atoms with Gasteiger partial charge < -0.3 is 24.8 Å². The number of carbonyl (C=O) groups excluding carboxylic acids is 3. The number of amides is 2. The number of thiophene rings is 1. The summed E-state index contributed by atoms with van der Waals surface area (Å²) in [7, 11) is 1.55. The van der Waals surface area contributed by atoms with Crippen molar-refractivity contribution in [1.29, 1.82) is 0 Å². The summed E-state index contributed by atoms with van der Waals surface area (Å²) in [5.74, 6) is -0.489. The van der Waals surface area contributed by atoms with Crippen LogP contribution in [-0.2, 0) is 14.3 Å². The van der Waals surface area contributed by atoms with Gasteiger partial charge in [-0.2, -0.15) is 0 Å². The molecule has 3 rings (SSSR count). The zero-order valence-corrected chi connectivity index (χ0v) is 18.6. The van der Waals surface area contributed by atoms with Crippen molar-refractivity contribution in [2.24, 2.45) is 0 Å². The Hall–Kier alpha value is -3.33. The van der Waals surface area contributed by atoms with Crippen molar-refractivity contribution >= 4 is 29.3 Å². The molecule has 8 nitrogen and oxygen atoms in total. The summed E-state index contributed by atoms with van der Waals surface area (Å²) in [5.41, 5.74) is 1.48. The van der Waals surface area contributed by atoms with Crippen LogP contribution in [0.2, 0.25) is 0 Å². The molecule has 1 aromatic carbocycles. The van der Waals surface area contributed by atoms with Crippen molar-refractivity contribution < 1.29 is 28.6 Å². The molecule has 164 valence electrons. The predicted molar refractivity (Wildman–Crippen MR) is 115 cm³/mol. The minimum absolute atomic E-state index is 0.159. The molecular weight excluding hydrogens is 420 g/mol. The molecule has 31 heavy (non-hydrogen) atoms. The fourth-order valence-electron chi connectivity index (χ4n) is 3.28. The Balaban J connectivity index is 1.93. The first kappa shape index (κ1) is 22.4. The van der Waals surface area contributed by atoms with Crippen molar-refractivity contribution in [2.45, 2.75) is 26.8 Å². The zero-order valence-electron chi connectivity index (χ0n) is 17.7. The monoisotopic (exact) mass is 444 g/mol. The third-order valence-electron chi connectivity index (χ3n) is 4.71. The lowest BCUT2D eigenvalue weighted by Crippen LogP contribution is -2.47. The van der Waals surface area contributed by atoms with Crippen LogP contribution in [0, 0.1) is 13.8 Å². The van der Waals surface area contributed by atoms with Gasteiger partial charge in [0.05, 0.1) is 36.6 Å². The van der Waals surface area contributed by atoms with E-state index in [2.05, 4.69) is 10.6 Å². The van der Waals surface area contributed by atoms with Gasteiger partial charge in [-0.25, -0.2) is 14.4 Å². The molecular formula is C22H24N2O6S. The lowest BCUT2D eigenvalue weighted by molar-refractivity contribution is -0.139. The summed E-state index contributed by atoms with van der Waals surface area (Å²) >= 11 is 1.50. The third kappa shape index (κ3) is 5.05. The number of nitrogens with one attached hydrogen (secondary N) is 2. The average Bonchev–Trinajstić information content (AvgIpc) is 3.09. The first-order valence-electron chi connectivity index (χ1n) is 9.69. The molecule has 1 aromatic heterocycles. The first-order chi connectivity index (χ1) is 14.8. The van der Waals surface area contributed by atoms with E-state index in [1.165, 1.54) is 11.3 Å². The summed E-state index contributed by atoms with van der Waals surface area (Å²) in [4.78, 5) is 39.4. The maximum atomic E-state index is 12.8. The number of hydrogen-bond acceptors (Lipinski definition) is 7. The molecule has 1 aliphatic heterocycles. The Bertz CT molecular complexity index is 1030. The second-order valence-corrected chi connectivity index (χ2v) is 8.28. The number of hydrogen-bond donors (Lipinski definition) is 2. The smallest absolute Gasteiger partial charge is 0.339 e. The SMILES string of the molecule is CCOC(=O)C1=C(COC(=O)c2cc(C)sc2C)NC(=O)N[C@@H]1c1ccc(OC)cc1. The van der Waals surface area contributed by atoms with Crippen molar-refractivity contribution in [3.8, 4) is 5.75 Å². The van der Waals surface area contributed by atoms with Gasteiger partial charge in [0, 0.05) is 9.75 Å². The molecule has 9 heteroatoms. The molecule has 0 aliphatic carbocycles. The predicted octanol–water partition coefficient (Wildman–Crippen LogP) is 3.40. The topological polar surface area (TPSA) is 103 Å². The van der Waals surface area contributed by atoms with E-state index >= 15 is 0 Å². The quantitative estimate of drug-likeness (QED) is 0.635. The molecule has 2 N–H and O–H groups in total. The molecule has 0 saturated carbocycles. The van der Waals surface area contributed by atoms with Crippen molar-refractivity contribution in [1.82, 2.24) is 10.6 Å². The van der Waals surface area contributed by atoms with Gasteiger partial charge in [-0.1, -0.05) is 12.1 Å². The number of benzene rings is 1. The maximum Gasteiger partial charge on any atom is 0.339 e. The average molecular weight is 445 g/mol. The molecule has 1 atom stereocenters. The van der Waals surface area contributed by atoms with Crippen LogP contribution in [0.3, 0.4) is 0 Å². The highest BCUT2D eigenvalue weighted by Gasteiger charge is 2.34. The number of esters is 2. The summed E-state index contributed by atoms with van der Waals surface area (Å²) in [6.07, 6.45) is 0. The van der Waals surface area contributed by atoms with Crippen molar-refractivity contribution in [3.05, 3.63) is 62.5 Å². The number of urea groups is 1. The summed E-state index contributed by atoms with van der Waals surface area (Å²) in [6, 6.07) is 7.43. The number of ether oxygens (including phenoxy) is 3. The van der Waals surface area contributed by atoms with Gasteiger partial charge in [0.25, 0.3) is 0 Å². The molecule has 0 spiro atoms. The van der Waals surface area contributed by atoms with E-state index in [0.717, 1.165) is 9.75 Å². The molecule has 0 radical (unpaired) electrons. The van der Waals surface area contributed by atoms with Crippen LogP contribution in [0.15, 0.2) is 41.6 Å². The molecule has 2 amide bonds. The van der Waals surface area contributed by atoms with Gasteiger partial charge in [-0.3, -0.25) is 0 Å².